The molecule has 0 spiro atoms. The lowest BCUT2D eigenvalue weighted by Crippen LogP contribution is -2.18. The van der Waals surface area contributed by atoms with Gasteiger partial charge in [0.05, 0.1) is 0 Å². The zero-order chi connectivity index (χ0) is 18.6. The van der Waals surface area contributed by atoms with Crippen molar-refractivity contribution in [3.05, 3.63) is 77.1 Å². The maximum Gasteiger partial charge on any atom is 0.228 e. The fourth-order valence-corrected chi connectivity index (χ4v) is 2.87. The first kappa shape index (κ1) is 16.8. The highest BCUT2D eigenvalue weighted by molar-refractivity contribution is 5.94. The lowest BCUT2D eigenvalue weighted by atomic mass is 10.0. The van der Waals surface area contributed by atoms with E-state index in [4.69, 9.17) is 0 Å². The van der Waals surface area contributed by atoms with Gasteiger partial charge in [-0.3, -0.25) is 4.79 Å². The van der Waals surface area contributed by atoms with Gasteiger partial charge >= 0.3 is 0 Å². The van der Waals surface area contributed by atoms with Crippen LogP contribution in [-0.4, -0.2) is 15.9 Å². The van der Waals surface area contributed by atoms with Gasteiger partial charge in [0.15, 0.2) is 0 Å². The Balaban J connectivity index is 1.57. The van der Waals surface area contributed by atoms with Gasteiger partial charge in [0, 0.05) is 35.1 Å². The first-order valence-corrected chi connectivity index (χ1v) is 8.78. The highest BCUT2D eigenvalue weighted by atomic mass is 16.1. The van der Waals surface area contributed by atoms with E-state index in [0.717, 1.165) is 34.5 Å². The van der Waals surface area contributed by atoms with Gasteiger partial charge in [0.1, 0.15) is 5.69 Å². The van der Waals surface area contributed by atoms with Crippen molar-refractivity contribution in [2.75, 3.05) is 10.6 Å². The summed E-state index contributed by atoms with van der Waals surface area (Å²) in [6, 6.07) is 15.6. The number of nitrogens with one attached hydrogen (secondary N) is 2. The number of carbonyl (C=O) groups excluding carboxylic acids is 1. The lowest BCUT2D eigenvalue weighted by molar-refractivity contribution is -0.116. The molecular weight excluding hydrogens is 336 g/mol. The Bertz CT molecular complexity index is 1060. The largest absolute Gasteiger partial charge is 0.326 e. The molecule has 0 saturated carbocycles. The van der Waals surface area contributed by atoms with Gasteiger partial charge in [-0.05, 0) is 55.2 Å². The number of anilines is 3. The van der Waals surface area contributed by atoms with Gasteiger partial charge in [-0.1, -0.05) is 24.1 Å². The highest BCUT2D eigenvalue weighted by Gasteiger charge is 2.15. The van der Waals surface area contributed by atoms with Crippen molar-refractivity contribution < 1.29 is 4.79 Å². The lowest BCUT2D eigenvalue weighted by Gasteiger charge is -2.17. The number of nitrogens with zero attached hydrogens (tertiary/aromatic N) is 2. The second-order valence-corrected chi connectivity index (χ2v) is 6.39. The molecule has 1 aromatic heterocycles. The normalized spacial score (nSPS) is 12.4. The predicted octanol–water partition coefficient (Wildman–Crippen LogP) is 3.81. The molecule has 0 saturated heterocycles. The average Bonchev–Trinajstić information content (AvgIpc) is 2.69. The van der Waals surface area contributed by atoms with E-state index >= 15 is 0 Å². The molecule has 5 heteroatoms. The molecule has 1 aliphatic heterocycles. The van der Waals surface area contributed by atoms with Crippen LogP contribution in [-0.2, 0) is 11.2 Å². The van der Waals surface area contributed by atoms with Gasteiger partial charge in [-0.2, -0.15) is 0 Å². The van der Waals surface area contributed by atoms with Crippen molar-refractivity contribution in [3.8, 4) is 11.8 Å². The van der Waals surface area contributed by atoms with E-state index in [1.165, 1.54) is 0 Å². The zero-order valence-corrected chi connectivity index (χ0v) is 14.9. The van der Waals surface area contributed by atoms with Crippen molar-refractivity contribution in [1.29, 1.82) is 0 Å². The van der Waals surface area contributed by atoms with Crippen molar-refractivity contribution in [2.24, 2.45) is 0 Å². The monoisotopic (exact) mass is 354 g/mol. The molecule has 3 aromatic rings. The van der Waals surface area contributed by atoms with Gasteiger partial charge < -0.3 is 10.6 Å². The molecule has 1 aliphatic rings. The predicted molar refractivity (Wildman–Crippen MR) is 106 cm³/mol. The van der Waals surface area contributed by atoms with Crippen LogP contribution in [0.25, 0.3) is 0 Å². The summed E-state index contributed by atoms with van der Waals surface area (Å²) in [6.07, 6.45) is 3.01. The molecule has 5 nitrogen and oxygen atoms in total. The van der Waals surface area contributed by atoms with Gasteiger partial charge in [0.2, 0.25) is 11.9 Å². The number of benzene rings is 2. The summed E-state index contributed by atoms with van der Waals surface area (Å²) in [4.78, 5) is 20.4. The van der Waals surface area contributed by atoms with E-state index in [2.05, 4.69) is 32.4 Å². The summed E-state index contributed by atoms with van der Waals surface area (Å²) in [7, 11) is 0. The van der Waals surface area contributed by atoms with Crippen LogP contribution in [0.15, 0.2) is 54.7 Å². The number of amides is 1. The molecule has 27 heavy (non-hydrogen) atoms. The molecule has 0 unspecified atom stereocenters. The Morgan fingerprint density at radius 2 is 1.93 bits per heavy atom. The van der Waals surface area contributed by atoms with E-state index in [-0.39, 0.29) is 5.91 Å². The molecule has 4 rings (SSSR count). The van der Waals surface area contributed by atoms with Gasteiger partial charge in [-0.15, -0.1) is 0 Å². The topological polar surface area (TPSA) is 66.9 Å². The average molecular weight is 354 g/mol. The molecule has 0 atom stereocenters. The molecule has 2 N–H and O–H groups in total. The first-order valence-electron chi connectivity index (χ1n) is 8.78. The SMILES string of the molecule is Cc1cnc(Nc2ccc3c(c2)CCC(=O)N3)nc1C#Cc1ccccc1. The third-order valence-corrected chi connectivity index (χ3v) is 4.33. The van der Waals surface area contributed by atoms with Crippen LogP contribution in [0.3, 0.4) is 0 Å². The van der Waals surface area contributed by atoms with Crippen molar-refractivity contribution in [1.82, 2.24) is 9.97 Å². The van der Waals surface area contributed by atoms with E-state index < -0.39 is 0 Å². The summed E-state index contributed by atoms with van der Waals surface area (Å²) < 4.78 is 0. The number of carbonyl (C=O) groups is 1. The fourth-order valence-electron chi connectivity index (χ4n) is 2.87. The second-order valence-electron chi connectivity index (χ2n) is 6.39. The van der Waals surface area contributed by atoms with Crippen molar-refractivity contribution in [2.45, 2.75) is 19.8 Å². The number of aromatic nitrogens is 2. The Morgan fingerprint density at radius 1 is 1.07 bits per heavy atom. The number of hydrogen-bond donors (Lipinski definition) is 2. The molecule has 0 aliphatic carbocycles. The van der Waals surface area contributed by atoms with Crippen LogP contribution in [0.5, 0.6) is 0 Å². The Morgan fingerprint density at radius 3 is 2.78 bits per heavy atom. The second kappa shape index (κ2) is 7.30. The summed E-state index contributed by atoms with van der Waals surface area (Å²) in [5.41, 5.74) is 5.43. The minimum atomic E-state index is 0.0618. The Kier molecular flexibility index (Phi) is 4.54. The molecule has 2 heterocycles. The van der Waals surface area contributed by atoms with E-state index in [1.54, 1.807) is 6.20 Å². The minimum Gasteiger partial charge on any atom is -0.326 e. The highest BCUT2D eigenvalue weighted by Crippen LogP contribution is 2.26. The Hall–Kier alpha value is -3.65. The molecule has 0 fully saturated rings. The quantitative estimate of drug-likeness (QED) is 0.687. The zero-order valence-electron chi connectivity index (χ0n) is 14.9. The van der Waals surface area contributed by atoms with Crippen LogP contribution in [0, 0.1) is 18.8 Å². The van der Waals surface area contributed by atoms with Crippen LogP contribution < -0.4 is 10.6 Å². The molecule has 0 bridgehead atoms. The number of aryl methyl sites for hydroxylation is 2. The standard InChI is InChI=1S/C22H18N4O/c1-15-14-23-22(26-19(15)10-7-16-5-3-2-4-6-16)24-18-9-11-20-17(13-18)8-12-21(27)25-20/h2-6,9,11,13-14H,8,12H2,1H3,(H,25,27)(H,23,24,26). The van der Waals surface area contributed by atoms with Crippen molar-refractivity contribution >= 4 is 23.2 Å². The molecule has 132 valence electrons. The summed E-state index contributed by atoms with van der Waals surface area (Å²) in [6.45, 7) is 1.94. The third-order valence-electron chi connectivity index (χ3n) is 4.33. The minimum absolute atomic E-state index is 0.0618. The summed E-state index contributed by atoms with van der Waals surface area (Å²) >= 11 is 0. The maximum atomic E-state index is 11.5. The first-order chi connectivity index (χ1) is 13.2. The van der Waals surface area contributed by atoms with Crippen LogP contribution in [0.2, 0.25) is 0 Å². The van der Waals surface area contributed by atoms with Gasteiger partial charge in [0.25, 0.3) is 0 Å². The van der Waals surface area contributed by atoms with Crippen LogP contribution >= 0.6 is 0 Å². The molecule has 0 radical (unpaired) electrons. The van der Waals surface area contributed by atoms with Crippen LogP contribution in [0.4, 0.5) is 17.3 Å². The van der Waals surface area contributed by atoms with E-state index in [9.17, 15) is 4.79 Å². The number of rotatable bonds is 2. The summed E-state index contributed by atoms with van der Waals surface area (Å²) in [5.74, 6) is 6.81. The molecular formula is C22H18N4O. The molecule has 1 amide bonds. The summed E-state index contributed by atoms with van der Waals surface area (Å²) in [5, 5.41) is 6.11. The van der Waals surface area contributed by atoms with Gasteiger partial charge in [-0.25, -0.2) is 9.97 Å². The van der Waals surface area contributed by atoms with E-state index in [0.29, 0.717) is 18.1 Å². The molecule has 2 aromatic carbocycles. The van der Waals surface area contributed by atoms with Crippen molar-refractivity contribution in [3.63, 3.8) is 0 Å². The van der Waals surface area contributed by atoms with Crippen LogP contribution in [0.1, 0.15) is 28.8 Å². The number of hydrogen-bond acceptors (Lipinski definition) is 4. The third kappa shape index (κ3) is 3.96. The van der Waals surface area contributed by atoms with E-state index in [1.807, 2.05) is 55.5 Å². The fraction of sp³-hybridized carbons (Fsp3) is 0.136. The number of fused-ring (bicyclic) bond motifs is 1. The maximum absolute atomic E-state index is 11.5. The Labute approximate surface area is 157 Å². The smallest absolute Gasteiger partial charge is 0.228 e.